The lowest BCUT2D eigenvalue weighted by Gasteiger charge is -2.15. The molecular formula is C20H24N3O3S+. The van der Waals surface area contributed by atoms with Crippen LogP contribution in [0.4, 0.5) is 5.00 Å². The summed E-state index contributed by atoms with van der Waals surface area (Å²) in [5, 5.41) is 13.1. The zero-order chi connectivity index (χ0) is 19.4. The normalized spacial score (nSPS) is 13.6. The van der Waals surface area contributed by atoms with E-state index in [4.69, 9.17) is 9.47 Å². The van der Waals surface area contributed by atoms with Gasteiger partial charge in [-0.15, -0.1) is 11.3 Å². The Morgan fingerprint density at radius 3 is 2.78 bits per heavy atom. The zero-order valence-corrected chi connectivity index (χ0v) is 16.7. The average molecular weight is 386 g/mol. The van der Waals surface area contributed by atoms with Gasteiger partial charge in [0.15, 0.2) is 18.0 Å². The van der Waals surface area contributed by atoms with E-state index >= 15 is 0 Å². The van der Waals surface area contributed by atoms with Crippen LogP contribution < -0.4 is 19.7 Å². The topological polar surface area (TPSA) is 75.8 Å². The van der Waals surface area contributed by atoms with Crippen molar-refractivity contribution in [3.05, 3.63) is 39.8 Å². The van der Waals surface area contributed by atoms with E-state index in [1.807, 2.05) is 25.2 Å². The molecule has 0 bridgehead atoms. The van der Waals surface area contributed by atoms with Gasteiger partial charge in [-0.25, -0.2) is 0 Å². The quantitative estimate of drug-likeness (QED) is 0.761. The predicted octanol–water partition coefficient (Wildman–Crippen LogP) is 1.78. The molecule has 1 amide bonds. The average Bonchev–Trinajstić information content (AvgIpc) is 3.21. The van der Waals surface area contributed by atoms with Gasteiger partial charge >= 0.3 is 0 Å². The minimum Gasteiger partial charge on any atom is -0.493 e. The SMILES string of the molecule is COc1ccc(C[NH+](C)CC(=O)Nc2sc3c(c2C#N)CCC3)cc1OC. The minimum atomic E-state index is -0.0793. The van der Waals surface area contributed by atoms with Gasteiger partial charge in [-0.05, 0) is 43.0 Å². The molecule has 3 rings (SSSR count). The molecule has 0 radical (unpaired) electrons. The third-order valence-electron chi connectivity index (χ3n) is 4.70. The van der Waals surface area contributed by atoms with Crippen LogP contribution in [-0.4, -0.2) is 33.7 Å². The number of nitriles is 1. The van der Waals surface area contributed by atoms with E-state index in [1.54, 1.807) is 25.6 Å². The summed E-state index contributed by atoms with van der Waals surface area (Å²) in [7, 11) is 5.18. The van der Waals surface area contributed by atoms with Gasteiger partial charge < -0.3 is 19.7 Å². The highest BCUT2D eigenvalue weighted by Gasteiger charge is 2.23. The molecule has 1 aromatic heterocycles. The van der Waals surface area contributed by atoms with E-state index in [0.29, 0.717) is 35.2 Å². The summed E-state index contributed by atoms with van der Waals surface area (Å²) in [6.45, 7) is 1.00. The number of hydrogen-bond acceptors (Lipinski definition) is 5. The molecule has 1 unspecified atom stereocenters. The number of ether oxygens (including phenoxy) is 2. The first-order valence-electron chi connectivity index (χ1n) is 8.92. The molecule has 2 N–H and O–H groups in total. The molecule has 0 saturated heterocycles. The first-order chi connectivity index (χ1) is 13.0. The van der Waals surface area contributed by atoms with Crippen LogP contribution in [0.2, 0.25) is 0 Å². The Balaban J connectivity index is 1.61. The number of methoxy groups -OCH3 is 2. The molecule has 0 fully saturated rings. The maximum atomic E-state index is 12.5. The second-order valence-corrected chi connectivity index (χ2v) is 7.83. The van der Waals surface area contributed by atoms with Crippen LogP contribution >= 0.6 is 11.3 Å². The van der Waals surface area contributed by atoms with Crippen LogP contribution in [-0.2, 0) is 24.2 Å². The Hall–Kier alpha value is -2.56. The number of carbonyl (C=O) groups is 1. The standard InChI is InChI=1S/C20H23N3O3S/c1-23(11-13-7-8-16(25-2)17(9-13)26-3)12-19(24)22-20-15(10-21)14-5-4-6-18(14)27-20/h7-9H,4-6,11-12H2,1-3H3,(H,22,24)/p+1. The third kappa shape index (κ3) is 4.24. The fraction of sp³-hybridized carbons (Fsp3) is 0.400. The van der Waals surface area contributed by atoms with Crippen LogP contribution in [0, 0.1) is 11.3 Å². The number of amides is 1. The van der Waals surface area contributed by atoms with Crippen molar-refractivity contribution in [2.45, 2.75) is 25.8 Å². The van der Waals surface area contributed by atoms with E-state index in [0.717, 1.165) is 35.3 Å². The number of likely N-dealkylation sites (N-methyl/N-ethyl adjacent to an activating group) is 1. The van der Waals surface area contributed by atoms with Crippen molar-refractivity contribution in [1.82, 2.24) is 0 Å². The van der Waals surface area contributed by atoms with Gasteiger partial charge in [-0.2, -0.15) is 5.26 Å². The number of nitrogens with one attached hydrogen (secondary N) is 2. The molecule has 0 spiro atoms. The lowest BCUT2D eigenvalue weighted by Crippen LogP contribution is -3.08. The van der Waals surface area contributed by atoms with Gasteiger partial charge in [0.05, 0.1) is 26.8 Å². The van der Waals surface area contributed by atoms with Crippen LogP contribution in [0.1, 0.15) is 28.0 Å². The van der Waals surface area contributed by atoms with E-state index in [1.165, 1.54) is 4.88 Å². The molecule has 0 aliphatic heterocycles. The molecule has 7 heteroatoms. The summed E-state index contributed by atoms with van der Waals surface area (Å²) >= 11 is 1.55. The highest BCUT2D eigenvalue weighted by molar-refractivity contribution is 7.16. The van der Waals surface area contributed by atoms with Crippen molar-refractivity contribution >= 4 is 22.2 Å². The molecule has 1 aliphatic carbocycles. The molecule has 142 valence electrons. The number of anilines is 1. The van der Waals surface area contributed by atoms with Gasteiger partial charge in [0.2, 0.25) is 0 Å². The highest BCUT2D eigenvalue weighted by atomic mass is 32.1. The van der Waals surface area contributed by atoms with Crippen LogP contribution in [0.3, 0.4) is 0 Å². The maximum Gasteiger partial charge on any atom is 0.280 e. The van der Waals surface area contributed by atoms with Crippen molar-refractivity contribution in [3.63, 3.8) is 0 Å². The molecule has 6 nitrogen and oxygen atoms in total. The molecule has 1 aliphatic rings. The Morgan fingerprint density at radius 1 is 1.30 bits per heavy atom. The van der Waals surface area contributed by atoms with E-state index in [2.05, 4.69) is 11.4 Å². The van der Waals surface area contributed by atoms with Gasteiger partial charge in [-0.1, -0.05) is 0 Å². The maximum absolute atomic E-state index is 12.5. The molecule has 1 heterocycles. The summed E-state index contributed by atoms with van der Waals surface area (Å²) in [5.41, 5.74) is 2.84. The van der Waals surface area contributed by atoms with Gasteiger partial charge in [0.25, 0.3) is 5.91 Å². The number of rotatable bonds is 7. The monoisotopic (exact) mass is 386 g/mol. The van der Waals surface area contributed by atoms with E-state index in [9.17, 15) is 10.1 Å². The van der Waals surface area contributed by atoms with Crippen molar-refractivity contribution in [2.24, 2.45) is 0 Å². The second-order valence-electron chi connectivity index (χ2n) is 6.72. The van der Waals surface area contributed by atoms with E-state index < -0.39 is 0 Å². The molecular weight excluding hydrogens is 362 g/mol. The molecule has 1 atom stereocenters. The van der Waals surface area contributed by atoms with Crippen molar-refractivity contribution in [2.75, 3.05) is 33.1 Å². The lowest BCUT2D eigenvalue weighted by molar-refractivity contribution is -0.885. The van der Waals surface area contributed by atoms with Crippen LogP contribution in [0.15, 0.2) is 18.2 Å². The third-order valence-corrected chi connectivity index (χ3v) is 5.91. The number of carbonyl (C=O) groups excluding carboxylic acids is 1. The number of fused-ring (bicyclic) bond motifs is 1. The fourth-order valence-electron chi connectivity index (χ4n) is 3.46. The Kier molecular flexibility index (Phi) is 5.99. The van der Waals surface area contributed by atoms with E-state index in [-0.39, 0.29) is 5.91 Å². The Bertz CT molecular complexity index is 885. The number of hydrogen-bond donors (Lipinski definition) is 2. The molecule has 27 heavy (non-hydrogen) atoms. The van der Waals surface area contributed by atoms with Gasteiger partial charge in [0.1, 0.15) is 17.6 Å². The predicted molar refractivity (Wildman–Crippen MR) is 105 cm³/mol. The number of benzene rings is 1. The largest absolute Gasteiger partial charge is 0.493 e. The first-order valence-corrected chi connectivity index (χ1v) is 9.74. The number of aryl methyl sites for hydroxylation is 1. The Morgan fingerprint density at radius 2 is 2.07 bits per heavy atom. The molecule has 0 saturated carbocycles. The smallest absolute Gasteiger partial charge is 0.280 e. The lowest BCUT2D eigenvalue weighted by atomic mass is 10.1. The molecule has 1 aromatic carbocycles. The summed E-state index contributed by atoms with van der Waals surface area (Å²) in [6, 6.07) is 8.03. The second kappa shape index (κ2) is 8.42. The summed E-state index contributed by atoms with van der Waals surface area (Å²) in [5.74, 6) is 1.29. The zero-order valence-electron chi connectivity index (χ0n) is 15.8. The van der Waals surface area contributed by atoms with Crippen LogP contribution in [0.25, 0.3) is 0 Å². The highest BCUT2D eigenvalue weighted by Crippen LogP contribution is 2.38. The first kappa shape index (κ1) is 19.2. The Labute approximate surface area is 163 Å². The fourth-order valence-corrected chi connectivity index (χ4v) is 4.71. The number of thiophene rings is 1. The number of quaternary nitrogens is 1. The number of nitrogens with zero attached hydrogens (tertiary/aromatic N) is 1. The summed E-state index contributed by atoms with van der Waals surface area (Å²) < 4.78 is 10.6. The minimum absolute atomic E-state index is 0.0793. The van der Waals surface area contributed by atoms with Crippen LogP contribution in [0.5, 0.6) is 11.5 Å². The van der Waals surface area contributed by atoms with Gasteiger partial charge in [-0.3, -0.25) is 4.79 Å². The van der Waals surface area contributed by atoms with Crippen molar-refractivity contribution in [1.29, 1.82) is 5.26 Å². The summed E-state index contributed by atoms with van der Waals surface area (Å²) in [6.07, 6.45) is 3.05. The van der Waals surface area contributed by atoms with Crippen molar-refractivity contribution in [3.8, 4) is 17.6 Å². The molecule has 2 aromatic rings. The van der Waals surface area contributed by atoms with Crippen molar-refractivity contribution < 1.29 is 19.2 Å². The van der Waals surface area contributed by atoms with Gasteiger partial charge in [0, 0.05) is 10.4 Å². The summed E-state index contributed by atoms with van der Waals surface area (Å²) in [4.78, 5) is 14.7.